The highest BCUT2D eigenvalue weighted by atomic mass is 32.1. The van der Waals surface area contributed by atoms with Gasteiger partial charge in [-0.25, -0.2) is 4.98 Å². The number of aromatic nitrogens is 1. The fourth-order valence-electron chi connectivity index (χ4n) is 1.71. The van der Waals surface area contributed by atoms with E-state index < -0.39 is 0 Å². The number of thiazole rings is 1. The molecule has 1 aromatic rings. The zero-order chi connectivity index (χ0) is 9.97. The average molecular weight is 206 g/mol. The quantitative estimate of drug-likeness (QED) is 0.689. The molecule has 1 aliphatic carbocycles. The lowest BCUT2D eigenvalue weighted by Gasteiger charge is -2.10. The molecule has 74 valence electrons. The number of hydrogen-bond acceptors (Lipinski definition) is 3. The Hall–Kier alpha value is -1.01. The van der Waals surface area contributed by atoms with Crippen LogP contribution < -0.4 is 4.90 Å². The number of hydrogen-bond donors (Lipinski definition) is 0. The van der Waals surface area contributed by atoms with Crippen LogP contribution in [0.1, 0.15) is 23.4 Å². The molecule has 0 unspecified atom stereocenters. The molecule has 0 spiro atoms. The number of nitrogens with zero attached hydrogens (tertiary/aromatic N) is 2. The highest BCUT2D eigenvalue weighted by molar-refractivity contribution is 7.15. The Morgan fingerprint density at radius 2 is 2.29 bits per heavy atom. The van der Waals surface area contributed by atoms with Crippen molar-refractivity contribution in [3.05, 3.63) is 10.6 Å². The number of fused-ring (bicyclic) bond motifs is 1. The molecule has 0 N–H and O–H groups in total. The lowest BCUT2D eigenvalue weighted by molar-refractivity contribution is 0.682. The predicted molar refractivity (Wildman–Crippen MR) is 60.9 cm³/mol. The molecule has 1 heterocycles. The second kappa shape index (κ2) is 4.02. The van der Waals surface area contributed by atoms with E-state index in [0.29, 0.717) is 6.54 Å². The molecule has 2 nitrogen and oxygen atoms in total. The van der Waals surface area contributed by atoms with Crippen LogP contribution in [-0.4, -0.2) is 18.6 Å². The first-order chi connectivity index (χ1) is 6.81. The molecular weight excluding hydrogens is 192 g/mol. The van der Waals surface area contributed by atoms with Crippen LogP contribution in [0.2, 0.25) is 0 Å². The maximum atomic E-state index is 5.27. The predicted octanol–water partition coefficient (Wildman–Crippen LogP) is 2.09. The van der Waals surface area contributed by atoms with Crippen LogP contribution in [0.3, 0.4) is 0 Å². The third kappa shape index (κ3) is 1.76. The van der Waals surface area contributed by atoms with Crippen molar-refractivity contribution >= 4 is 16.5 Å². The van der Waals surface area contributed by atoms with Gasteiger partial charge in [-0.2, -0.15) is 0 Å². The van der Waals surface area contributed by atoms with Gasteiger partial charge < -0.3 is 4.90 Å². The minimum Gasteiger partial charge on any atom is -0.340 e. The summed E-state index contributed by atoms with van der Waals surface area (Å²) in [7, 11) is 2.00. The molecule has 0 bridgehead atoms. The molecule has 0 aromatic carbocycles. The van der Waals surface area contributed by atoms with Crippen LogP contribution in [0.5, 0.6) is 0 Å². The van der Waals surface area contributed by atoms with Gasteiger partial charge in [0.05, 0.1) is 12.2 Å². The lowest BCUT2D eigenvalue weighted by atomic mass is 10.0. The van der Waals surface area contributed by atoms with Gasteiger partial charge in [-0.1, -0.05) is 5.92 Å². The molecule has 0 amide bonds. The van der Waals surface area contributed by atoms with Crippen molar-refractivity contribution in [3.63, 3.8) is 0 Å². The lowest BCUT2D eigenvalue weighted by Crippen LogP contribution is -2.16. The molecule has 14 heavy (non-hydrogen) atoms. The molecule has 0 atom stereocenters. The van der Waals surface area contributed by atoms with Gasteiger partial charge in [-0.15, -0.1) is 17.8 Å². The van der Waals surface area contributed by atoms with E-state index >= 15 is 0 Å². The van der Waals surface area contributed by atoms with Crippen molar-refractivity contribution in [1.29, 1.82) is 0 Å². The van der Waals surface area contributed by atoms with Crippen LogP contribution in [-0.2, 0) is 12.8 Å². The second-order valence-corrected chi connectivity index (χ2v) is 4.70. The zero-order valence-corrected chi connectivity index (χ0v) is 9.23. The van der Waals surface area contributed by atoms with Crippen molar-refractivity contribution in [2.45, 2.75) is 25.7 Å². The summed E-state index contributed by atoms with van der Waals surface area (Å²) >= 11 is 1.80. The van der Waals surface area contributed by atoms with Gasteiger partial charge in [0.15, 0.2) is 5.13 Å². The van der Waals surface area contributed by atoms with Crippen molar-refractivity contribution in [3.8, 4) is 12.3 Å². The molecule has 0 saturated heterocycles. The van der Waals surface area contributed by atoms with Gasteiger partial charge in [0, 0.05) is 11.9 Å². The smallest absolute Gasteiger partial charge is 0.186 e. The zero-order valence-electron chi connectivity index (χ0n) is 8.42. The van der Waals surface area contributed by atoms with Crippen LogP contribution in [0.25, 0.3) is 0 Å². The van der Waals surface area contributed by atoms with Crippen LogP contribution in [0.4, 0.5) is 5.13 Å². The van der Waals surface area contributed by atoms with E-state index in [2.05, 4.69) is 10.9 Å². The second-order valence-electron chi connectivity index (χ2n) is 3.63. The van der Waals surface area contributed by atoms with E-state index in [1.54, 1.807) is 11.3 Å². The highest BCUT2D eigenvalue weighted by Gasteiger charge is 2.16. The van der Waals surface area contributed by atoms with E-state index in [1.807, 2.05) is 11.9 Å². The topological polar surface area (TPSA) is 16.1 Å². The monoisotopic (exact) mass is 206 g/mol. The molecule has 1 aliphatic rings. The summed E-state index contributed by atoms with van der Waals surface area (Å²) in [6.07, 6.45) is 10.2. The fourth-order valence-corrected chi connectivity index (χ4v) is 2.81. The Labute approximate surface area is 89.0 Å². The average Bonchev–Trinajstić information content (AvgIpc) is 2.61. The van der Waals surface area contributed by atoms with Gasteiger partial charge >= 0.3 is 0 Å². The van der Waals surface area contributed by atoms with Crippen molar-refractivity contribution in [2.24, 2.45) is 0 Å². The standard InChI is InChI=1S/C11H14N2S/c1-3-8-13(2)11-12-9-6-4-5-7-10(9)14-11/h1H,4-8H2,2H3. The Balaban J connectivity index is 2.20. The van der Waals surface area contributed by atoms with E-state index in [4.69, 9.17) is 6.42 Å². The first-order valence-corrected chi connectivity index (χ1v) is 5.76. The fraction of sp³-hybridized carbons (Fsp3) is 0.545. The molecule has 0 radical (unpaired) electrons. The number of terminal acetylenes is 1. The number of aryl methyl sites for hydroxylation is 2. The highest BCUT2D eigenvalue weighted by Crippen LogP contribution is 2.30. The molecule has 0 aliphatic heterocycles. The van der Waals surface area contributed by atoms with Crippen LogP contribution in [0.15, 0.2) is 0 Å². The Bertz CT molecular complexity index is 338. The summed E-state index contributed by atoms with van der Waals surface area (Å²) in [6, 6.07) is 0. The van der Waals surface area contributed by atoms with Crippen molar-refractivity contribution in [2.75, 3.05) is 18.5 Å². The summed E-state index contributed by atoms with van der Waals surface area (Å²) < 4.78 is 0. The summed E-state index contributed by atoms with van der Waals surface area (Å²) in [6.45, 7) is 0.645. The molecule has 3 heteroatoms. The molecular formula is C11H14N2S. The number of rotatable bonds is 2. The summed E-state index contributed by atoms with van der Waals surface area (Å²) in [5, 5.41) is 1.08. The summed E-state index contributed by atoms with van der Waals surface area (Å²) in [5.74, 6) is 2.64. The first-order valence-electron chi connectivity index (χ1n) is 4.94. The maximum absolute atomic E-state index is 5.27. The third-order valence-electron chi connectivity index (χ3n) is 2.49. The van der Waals surface area contributed by atoms with E-state index in [0.717, 1.165) is 11.6 Å². The van der Waals surface area contributed by atoms with Gasteiger partial charge in [-0.05, 0) is 25.7 Å². The van der Waals surface area contributed by atoms with Crippen LogP contribution >= 0.6 is 11.3 Å². The Morgan fingerprint density at radius 3 is 3.00 bits per heavy atom. The minimum atomic E-state index is 0.645. The Morgan fingerprint density at radius 1 is 1.50 bits per heavy atom. The molecule has 2 rings (SSSR count). The van der Waals surface area contributed by atoms with E-state index in [1.165, 1.54) is 29.8 Å². The first kappa shape index (κ1) is 9.54. The minimum absolute atomic E-state index is 0.645. The summed E-state index contributed by atoms with van der Waals surface area (Å²) in [4.78, 5) is 8.13. The molecule has 1 aromatic heterocycles. The van der Waals surface area contributed by atoms with Gasteiger partial charge in [0.1, 0.15) is 0 Å². The van der Waals surface area contributed by atoms with E-state index in [-0.39, 0.29) is 0 Å². The van der Waals surface area contributed by atoms with Gasteiger partial charge in [-0.3, -0.25) is 0 Å². The third-order valence-corrected chi connectivity index (χ3v) is 3.76. The summed E-state index contributed by atoms with van der Waals surface area (Å²) in [5.41, 5.74) is 1.31. The maximum Gasteiger partial charge on any atom is 0.186 e. The Kier molecular flexibility index (Phi) is 2.74. The normalized spacial score (nSPS) is 14.6. The largest absolute Gasteiger partial charge is 0.340 e. The van der Waals surface area contributed by atoms with Crippen molar-refractivity contribution < 1.29 is 0 Å². The van der Waals surface area contributed by atoms with Gasteiger partial charge in [0.2, 0.25) is 0 Å². The molecule has 0 saturated carbocycles. The SMILES string of the molecule is C#CCN(C)c1nc2c(s1)CCCC2. The number of anilines is 1. The van der Waals surface area contributed by atoms with Crippen molar-refractivity contribution in [1.82, 2.24) is 4.98 Å². The van der Waals surface area contributed by atoms with Crippen LogP contribution in [0, 0.1) is 12.3 Å². The van der Waals surface area contributed by atoms with E-state index in [9.17, 15) is 0 Å². The van der Waals surface area contributed by atoms with Gasteiger partial charge in [0.25, 0.3) is 0 Å². The molecule has 0 fully saturated rings.